The third-order valence-corrected chi connectivity index (χ3v) is 7.08. The first-order valence-corrected chi connectivity index (χ1v) is 12.4. The number of nitrogens with zero attached hydrogens (tertiary/aromatic N) is 1. The highest BCUT2D eigenvalue weighted by atomic mass is 127. The summed E-state index contributed by atoms with van der Waals surface area (Å²) in [5, 5.41) is 3.90. The maximum absolute atomic E-state index is 13.1. The highest BCUT2D eigenvalue weighted by Gasteiger charge is 2.24. The molecular formula is C25H19ClFIN2O3S. The van der Waals surface area contributed by atoms with Crippen LogP contribution in [-0.2, 0) is 11.4 Å². The molecule has 0 spiro atoms. The summed E-state index contributed by atoms with van der Waals surface area (Å²) < 4.78 is 25.4. The number of hydrogen-bond acceptors (Lipinski definition) is 5. The number of ether oxygens (including phenoxy) is 2. The van der Waals surface area contributed by atoms with Crippen molar-refractivity contribution in [1.29, 1.82) is 0 Å². The van der Waals surface area contributed by atoms with Gasteiger partial charge in [0.1, 0.15) is 12.4 Å². The van der Waals surface area contributed by atoms with Crippen molar-refractivity contribution in [1.82, 2.24) is 5.32 Å². The fourth-order valence-corrected chi connectivity index (χ4v) is 4.94. The van der Waals surface area contributed by atoms with Gasteiger partial charge in [-0.15, -0.1) is 0 Å². The SMILES string of the molecule is COc1cc(/C=C2/SC(=Nc3cccc(Cl)c3C)NC2=O)cc(I)c1OCc1ccc(F)cc1. The molecular weight excluding hydrogens is 590 g/mol. The van der Waals surface area contributed by atoms with Gasteiger partial charge in [-0.3, -0.25) is 4.79 Å². The van der Waals surface area contributed by atoms with Crippen molar-refractivity contribution in [3.05, 3.63) is 90.6 Å². The molecule has 4 rings (SSSR count). The number of amidine groups is 1. The zero-order valence-corrected chi connectivity index (χ0v) is 21.9. The van der Waals surface area contributed by atoms with E-state index in [2.05, 4.69) is 32.9 Å². The minimum Gasteiger partial charge on any atom is -0.493 e. The molecule has 0 atom stereocenters. The zero-order chi connectivity index (χ0) is 24.2. The van der Waals surface area contributed by atoms with Crippen LogP contribution in [0.4, 0.5) is 10.1 Å². The molecule has 1 heterocycles. The third kappa shape index (κ3) is 5.73. The lowest BCUT2D eigenvalue weighted by molar-refractivity contribution is -0.115. The van der Waals surface area contributed by atoms with Gasteiger partial charge in [-0.25, -0.2) is 9.38 Å². The fourth-order valence-electron chi connectivity index (χ4n) is 3.16. The second-order valence-corrected chi connectivity index (χ2v) is 9.91. The van der Waals surface area contributed by atoms with Crippen molar-refractivity contribution in [2.24, 2.45) is 4.99 Å². The van der Waals surface area contributed by atoms with Crippen LogP contribution < -0.4 is 14.8 Å². The van der Waals surface area contributed by atoms with E-state index in [-0.39, 0.29) is 18.3 Å². The Bertz CT molecular complexity index is 1310. The Labute approximate surface area is 219 Å². The molecule has 1 fully saturated rings. The molecule has 0 unspecified atom stereocenters. The van der Waals surface area contributed by atoms with Crippen LogP contribution in [0.3, 0.4) is 0 Å². The van der Waals surface area contributed by atoms with E-state index in [0.717, 1.165) is 20.3 Å². The Balaban J connectivity index is 1.54. The molecule has 174 valence electrons. The number of methoxy groups -OCH3 is 1. The topological polar surface area (TPSA) is 59.9 Å². The highest BCUT2D eigenvalue weighted by Crippen LogP contribution is 2.37. The first kappa shape index (κ1) is 24.6. The zero-order valence-electron chi connectivity index (χ0n) is 18.2. The summed E-state index contributed by atoms with van der Waals surface area (Å²) in [6.45, 7) is 2.15. The van der Waals surface area contributed by atoms with Gasteiger partial charge in [0, 0.05) is 5.02 Å². The largest absolute Gasteiger partial charge is 0.493 e. The van der Waals surface area contributed by atoms with Gasteiger partial charge in [-0.2, -0.15) is 0 Å². The Morgan fingerprint density at radius 2 is 1.97 bits per heavy atom. The summed E-state index contributed by atoms with van der Waals surface area (Å²) >= 11 is 9.59. The normalized spacial score (nSPS) is 15.6. The quantitative estimate of drug-likeness (QED) is 0.245. The Morgan fingerprint density at radius 3 is 2.71 bits per heavy atom. The lowest BCUT2D eigenvalue weighted by Crippen LogP contribution is -2.19. The maximum atomic E-state index is 13.1. The van der Waals surface area contributed by atoms with E-state index in [9.17, 15) is 9.18 Å². The van der Waals surface area contributed by atoms with Crippen molar-refractivity contribution >= 4 is 68.8 Å². The van der Waals surface area contributed by atoms with Crippen molar-refractivity contribution in [2.75, 3.05) is 7.11 Å². The molecule has 9 heteroatoms. The minimum absolute atomic E-state index is 0.228. The molecule has 0 aromatic heterocycles. The smallest absolute Gasteiger partial charge is 0.264 e. The van der Waals surface area contributed by atoms with Crippen molar-refractivity contribution in [3.63, 3.8) is 0 Å². The van der Waals surface area contributed by atoms with Crippen LogP contribution in [-0.4, -0.2) is 18.2 Å². The van der Waals surface area contributed by atoms with E-state index >= 15 is 0 Å². The first-order valence-electron chi connectivity index (χ1n) is 10.1. The molecule has 1 aliphatic rings. The van der Waals surface area contributed by atoms with E-state index in [4.69, 9.17) is 21.1 Å². The molecule has 0 aliphatic carbocycles. The predicted octanol–water partition coefficient (Wildman–Crippen LogP) is 6.87. The first-order chi connectivity index (χ1) is 16.3. The van der Waals surface area contributed by atoms with Gasteiger partial charge in [0.2, 0.25) is 0 Å². The maximum Gasteiger partial charge on any atom is 0.264 e. The number of benzene rings is 3. The number of rotatable bonds is 6. The lowest BCUT2D eigenvalue weighted by Gasteiger charge is -2.14. The number of carbonyl (C=O) groups excluding carboxylic acids is 1. The van der Waals surface area contributed by atoms with Crippen LogP contribution in [0.5, 0.6) is 11.5 Å². The standard InChI is InChI=1S/C25H19ClFIN2O3S/c1-14-18(26)4-3-5-20(14)29-25-30-24(31)22(34-25)12-16-10-19(28)23(21(11-16)32-2)33-13-15-6-8-17(27)9-7-15/h3-12H,13H2,1-2H3,(H,29,30,31)/b22-12+. The summed E-state index contributed by atoms with van der Waals surface area (Å²) in [7, 11) is 1.56. The van der Waals surface area contributed by atoms with E-state index in [0.29, 0.717) is 32.3 Å². The summed E-state index contributed by atoms with van der Waals surface area (Å²) in [5.74, 6) is 0.594. The van der Waals surface area contributed by atoms with E-state index in [1.807, 2.05) is 25.1 Å². The Morgan fingerprint density at radius 1 is 1.21 bits per heavy atom. The molecule has 0 radical (unpaired) electrons. The average Bonchev–Trinajstić information content (AvgIpc) is 3.15. The van der Waals surface area contributed by atoms with Gasteiger partial charge in [0.05, 0.1) is 21.3 Å². The van der Waals surface area contributed by atoms with Crippen LogP contribution >= 0.6 is 46.0 Å². The molecule has 5 nitrogen and oxygen atoms in total. The lowest BCUT2D eigenvalue weighted by atomic mass is 10.2. The fraction of sp³-hybridized carbons (Fsp3) is 0.120. The van der Waals surface area contributed by atoms with E-state index in [1.165, 1.54) is 23.9 Å². The van der Waals surface area contributed by atoms with Gasteiger partial charge in [-0.05, 0) is 100 Å². The number of nitrogens with one attached hydrogen (secondary N) is 1. The molecule has 3 aromatic carbocycles. The van der Waals surface area contributed by atoms with Crippen molar-refractivity contribution in [3.8, 4) is 11.5 Å². The van der Waals surface area contributed by atoms with Gasteiger partial charge >= 0.3 is 0 Å². The summed E-state index contributed by atoms with van der Waals surface area (Å²) in [4.78, 5) is 17.6. The second kappa shape index (κ2) is 10.8. The summed E-state index contributed by atoms with van der Waals surface area (Å²) in [5.41, 5.74) is 3.18. The Kier molecular flexibility index (Phi) is 7.80. The predicted molar refractivity (Wildman–Crippen MR) is 143 cm³/mol. The highest BCUT2D eigenvalue weighted by molar-refractivity contribution is 14.1. The number of thioether (sulfide) groups is 1. The molecule has 3 aromatic rings. The van der Waals surface area contributed by atoms with Crippen LogP contribution in [0.15, 0.2) is 64.5 Å². The summed E-state index contributed by atoms with van der Waals surface area (Å²) in [6, 6.07) is 15.3. The molecule has 1 aliphatic heterocycles. The third-order valence-electron chi connectivity index (χ3n) is 4.96. The number of carbonyl (C=O) groups is 1. The Hall–Kier alpha value is -2.56. The number of aliphatic imine (C=N–C) groups is 1. The average molecular weight is 609 g/mol. The van der Waals surface area contributed by atoms with Gasteiger partial charge < -0.3 is 14.8 Å². The molecule has 1 N–H and O–H groups in total. The molecule has 0 saturated carbocycles. The molecule has 1 amide bonds. The van der Waals surface area contributed by atoms with Crippen molar-refractivity contribution in [2.45, 2.75) is 13.5 Å². The number of hydrogen-bond donors (Lipinski definition) is 1. The molecule has 34 heavy (non-hydrogen) atoms. The second-order valence-electron chi connectivity index (χ2n) is 7.31. The van der Waals surface area contributed by atoms with E-state index in [1.54, 1.807) is 37.5 Å². The van der Waals surface area contributed by atoms with Crippen LogP contribution in [0.25, 0.3) is 6.08 Å². The van der Waals surface area contributed by atoms with Crippen molar-refractivity contribution < 1.29 is 18.7 Å². The van der Waals surface area contributed by atoms with Crippen LogP contribution in [0.1, 0.15) is 16.7 Å². The van der Waals surface area contributed by atoms with Gasteiger partial charge in [-0.1, -0.05) is 29.8 Å². The minimum atomic E-state index is -0.293. The molecule has 0 bridgehead atoms. The molecule has 1 saturated heterocycles. The van der Waals surface area contributed by atoms with Crippen LogP contribution in [0, 0.1) is 16.3 Å². The number of halogens is 3. The monoisotopic (exact) mass is 608 g/mol. The van der Waals surface area contributed by atoms with Crippen LogP contribution in [0.2, 0.25) is 5.02 Å². The van der Waals surface area contributed by atoms with Gasteiger partial charge in [0.25, 0.3) is 5.91 Å². The summed E-state index contributed by atoms with van der Waals surface area (Å²) in [6.07, 6.45) is 1.78. The van der Waals surface area contributed by atoms with Gasteiger partial charge in [0.15, 0.2) is 16.7 Å². The van der Waals surface area contributed by atoms with E-state index < -0.39 is 0 Å². The number of amides is 1.